The molecule has 0 saturated heterocycles. The van der Waals surface area contributed by atoms with Gasteiger partial charge in [-0.25, -0.2) is 4.79 Å². The van der Waals surface area contributed by atoms with Crippen LogP contribution in [0.3, 0.4) is 0 Å². The predicted octanol–water partition coefficient (Wildman–Crippen LogP) is 2.40. The summed E-state index contributed by atoms with van der Waals surface area (Å²) in [6, 6.07) is 7.48. The van der Waals surface area contributed by atoms with Crippen molar-refractivity contribution in [2.45, 2.75) is 26.7 Å². The number of nitrogens with zero attached hydrogens (tertiary/aromatic N) is 1. The molecule has 1 aromatic rings. The van der Waals surface area contributed by atoms with E-state index in [1.54, 1.807) is 4.90 Å². The fourth-order valence-corrected chi connectivity index (χ4v) is 1.82. The van der Waals surface area contributed by atoms with Crippen LogP contribution in [0.5, 0.6) is 0 Å². The lowest BCUT2D eigenvalue weighted by Crippen LogP contribution is -2.40. The minimum atomic E-state index is -0.847. The van der Waals surface area contributed by atoms with Crippen LogP contribution in [0.2, 0.25) is 0 Å². The number of para-hydroxylation sites is 1. The molecule has 1 rings (SSSR count). The van der Waals surface area contributed by atoms with Gasteiger partial charge < -0.3 is 10.4 Å². The van der Waals surface area contributed by atoms with Crippen molar-refractivity contribution in [1.82, 2.24) is 5.32 Å². The summed E-state index contributed by atoms with van der Waals surface area (Å²) in [5, 5.41) is 11.3. The number of carboxylic acid groups (broad SMARTS) is 1. The number of aryl methyl sites for hydroxylation is 1. The summed E-state index contributed by atoms with van der Waals surface area (Å²) in [7, 11) is 0. The topological polar surface area (TPSA) is 69.6 Å². The largest absolute Gasteiger partial charge is 0.481 e. The third kappa shape index (κ3) is 4.62. The Balaban J connectivity index is 2.58. The molecule has 19 heavy (non-hydrogen) atoms. The summed E-state index contributed by atoms with van der Waals surface area (Å²) in [6.45, 7) is 4.79. The minimum Gasteiger partial charge on any atom is -0.481 e. The molecular weight excluding hydrogens is 244 g/mol. The molecule has 5 heteroatoms. The van der Waals surface area contributed by atoms with Crippen molar-refractivity contribution < 1.29 is 14.7 Å². The number of carboxylic acids is 1. The van der Waals surface area contributed by atoms with Gasteiger partial charge in [-0.3, -0.25) is 9.69 Å². The van der Waals surface area contributed by atoms with Gasteiger partial charge in [0.25, 0.3) is 0 Å². The van der Waals surface area contributed by atoms with E-state index in [-0.39, 0.29) is 12.5 Å². The monoisotopic (exact) mass is 264 g/mol. The highest BCUT2D eigenvalue weighted by molar-refractivity contribution is 5.92. The molecule has 0 spiro atoms. The minimum absolute atomic E-state index is 0.0662. The van der Waals surface area contributed by atoms with Crippen LogP contribution in [0.4, 0.5) is 10.5 Å². The predicted molar refractivity (Wildman–Crippen MR) is 74.5 cm³/mol. The first kappa shape index (κ1) is 15.0. The molecular formula is C14H20N2O3. The molecule has 5 nitrogen and oxygen atoms in total. The lowest BCUT2D eigenvalue weighted by Gasteiger charge is -2.23. The van der Waals surface area contributed by atoms with Gasteiger partial charge >= 0.3 is 12.0 Å². The number of benzene rings is 1. The van der Waals surface area contributed by atoms with Crippen molar-refractivity contribution in [2.24, 2.45) is 0 Å². The van der Waals surface area contributed by atoms with Crippen LogP contribution in [0.15, 0.2) is 24.3 Å². The van der Waals surface area contributed by atoms with Gasteiger partial charge in [0, 0.05) is 25.2 Å². The fourth-order valence-electron chi connectivity index (χ4n) is 1.82. The van der Waals surface area contributed by atoms with E-state index in [2.05, 4.69) is 5.32 Å². The first-order valence-electron chi connectivity index (χ1n) is 6.39. The Morgan fingerprint density at radius 1 is 1.32 bits per heavy atom. The Morgan fingerprint density at radius 3 is 2.58 bits per heavy atom. The second-order valence-electron chi connectivity index (χ2n) is 4.26. The summed E-state index contributed by atoms with van der Waals surface area (Å²) in [4.78, 5) is 24.1. The van der Waals surface area contributed by atoms with Gasteiger partial charge in [-0.1, -0.05) is 18.2 Å². The summed E-state index contributed by atoms with van der Waals surface area (Å²) in [6.07, 6.45) is 0.503. The molecule has 0 saturated carbocycles. The van der Waals surface area contributed by atoms with Crippen molar-refractivity contribution in [3.05, 3.63) is 29.8 Å². The average Bonchev–Trinajstić information content (AvgIpc) is 2.37. The Labute approximate surface area is 113 Å². The number of carbonyl (C=O) groups is 2. The number of urea groups is 1. The molecule has 0 bridgehead atoms. The third-order valence-corrected chi connectivity index (χ3v) is 2.81. The van der Waals surface area contributed by atoms with Gasteiger partial charge in [-0.15, -0.1) is 0 Å². The number of hydrogen-bond donors (Lipinski definition) is 2. The Morgan fingerprint density at radius 2 is 2.00 bits per heavy atom. The molecule has 0 radical (unpaired) electrons. The van der Waals surface area contributed by atoms with Gasteiger partial charge in [0.05, 0.1) is 0 Å². The molecule has 0 aliphatic rings. The molecule has 0 aromatic heterocycles. The van der Waals surface area contributed by atoms with Crippen molar-refractivity contribution in [2.75, 3.05) is 18.0 Å². The summed E-state index contributed by atoms with van der Waals surface area (Å²) in [5.74, 6) is -0.847. The van der Waals surface area contributed by atoms with E-state index in [0.29, 0.717) is 19.5 Å². The van der Waals surface area contributed by atoms with E-state index < -0.39 is 5.97 Å². The molecule has 0 fully saturated rings. The van der Waals surface area contributed by atoms with E-state index in [1.807, 2.05) is 38.1 Å². The molecule has 2 amide bonds. The quantitative estimate of drug-likeness (QED) is 0.775. The lowest BCUT2D eigenvalue weighted by atomic mass is 10.2. The maximum Gasteiger partial charge on any atom is 0.321 e. The molecule has 1 aromatic carbocycles. The van der Waals surface area contributed by atoms with Crippen LogP contribution in [-0.2, 0) is 4.79 Å². The molecule has 0 aliphatic carbocycles. The number of hydrogen-bond acceptors (Lipinski definition) is 2. The lowest BCUT2D eigenvalue weighted by molar-refractivity contribution is -0.137. The fraction of sp³-hybridized carbons (Fsp3) is 0.429. The normalized spacial score (nSPS) is 10.0. The molecule has 2 N–H and O–H groups in total. The summed E-state index contributed by atoms with van der Waals surface area (Å²) >= 11 is 0. The number of aliphatic carboxylic acids is 1. The zero-order chi connectivity index (χ0) is 14.3. The molecule has 104 valence electrons. The SMILES string of the molecule is CCN(C(=O)NCCCC(=O)O)c1ccccc1C. The second-order valence-corrected chi connectivity index (χ2v) is 4.26. The zero-order valence-corrected chi connectivity index (χ0v) is 11.3. The Bertz CT molecular complexity index is 446. The first-order valence-corrected chi connectivity index (χ1v) is 6.39. The summed E-state index contributed by atoms with van der Waals surface area (Å²) in [5.41, 5.74) is 1.91. The van der Waals surface area contributed by atoms with Crippen molar-refractivity contribution in [3.63, 3.8) is 0 Å². The van der Waals surface area contributed by atoms with Crippen LogP contribution < -0.4 is 10.2 Å². The number of carbonyl (C=O) groups excluding carboxylic acids is 1. The maximum absolute atomic E-state index is 12.0. The number of anilines is 1. The summed E-state index contributed by atoms with van der Waals surface area (Å²) < 4.78 is 0. The zero-order valence-electron chi connectivity index (χ0n) is 11.3. The Kier molecular flexibility index (Phi) is 5.85. The second kappa shape index (κ2) is 7.41. The Hall–Kier alpha value is -2.04. The smallest absolute Gasteiger partial charge is 0.321 e. The molecule has 0 unspecified atom stereocenters. The molecule has 0 atom stereocenters. The number of amides is 2. The number of nitrogens with one attached hydrogen (secondary N) is 1. The highest BCUT2D eigenvalue weighted by Crippen LogP contribution is 2.18. The van der Waals surface area contributed by atoms with Crippen LogP contribution in [0.25, 0.3) is 0 Å². The van der Waals surface area contributed by atoms with Crippen LogP contribution in [0, 0.1) is 6.92 Å². The standard InChI is InChI=1S/C14H20N2O3/c1-3-16(12-8-5-4-7-11(12)2)14(19)15-10-6-9-13(17)18/h4-5,7-8H,3,6,9-10H2,1-2H3,(H,15,19)(H,17,18). The van der Waals surface area contributed by atoms with E-state index in [0.717, 1.165) is 11.3 Å². The van der Waals surface area contributed by atoms with Crippen LogP contribution >= 0.6 is 0 Å². The van der Waals surface area contributed by atoms with Gasteiger partial charge in [-0.05, 0) is 31.9 Å². The van der Waals surface area contributed by atoms with Crippen LogP contribution in [0.1, 0.15) is 25.3 Å². The van der Waals surface area contributed by atoms with Crippen LogP contribution in [-0.4, -0.2) is 30.2 Å². The first-order chi connectivity index (χ1) is 9.06. The van der Waals surface area contributed by atoms with Crippen molar-refractivity contribution in [1.29, 1.82) is 0 Å². The van der Waals surface area contributed by atoms with E-state index in [9.17, 15) is 9.59 Å². The third-order valence-electron chi connectivity index (χ3n) is 2.81. The average molecular weight is 264 g/mol. The van der Waals surface area contributed by atoms with Gasteiger partial charge in [0.2, 0.25) is 0 Å². The van der Waals surface area contributed by atoms with Gasteiger partial charge in [-0.2, -0.15) is 0 Å². The van der Waals surface area contributed by atoms with Gasteiger partial charge in [0.1, 0.15) is 0 Å². The molecule has 0 heterocycles. The highest BCUT2D eigenvalue weighted by Gasteiger charge is 2.14. The van der Waals surface area contributed by atoms with E-state index in [4.69, 9.17) is 5.11 Å². The van der Waals surface area contributed by atoms with Gasteiger partial charge in [0.15, 0.2) is 0 Å². The molecule has 0 aliphatic heterocycles. The maximum atomic E-state index is 12.0. The van der Waals surface area contributed by atoms with E-state index >= 15 is 0 Å². The highest BCUT2D eigenvalue weighted by atomic mass is 16.4. The van der Waals surface area contributed by atoms with Crippen molar-refractivity contribution in [3.8, 4) is 0 Å². The van der Waals surface area contributed by atoms with E-state index in [1.165, 1.54) is 0 Å². The number of rotatable bonds is 6. The van der Waals surface area contributed by atoms with Crippen molar-refractivity contribution >= 4 is 17.7 Å².